The summed E-state index contributed by atoms with van der Waals surface area (Å²) < 4.78 is 0. The molecule has 1 unspecified atom stereocenters. The van der Waals surface area contributed by atoms with Crippen molar-refractivity contribution in [2.24, 2.45) is 0 Å². The van der Waals surface area contributed by atoms with E-state index in [-0.39, 0.29) is 6.04 Å². The third-order valence-electron chi connectivity index (χ3n) is 3.04. The van der Waals surface area contributed by atoms with Crippen LogP contribution >= 0.6 is 0 Å². The molecule has 0 saturated heterocycles. The maximum absolute atomic E-state index is 5.75. The van der Waals surface area contributed by atoms with Crippen molar-refractivity contribution in [3.05, 3.63) is 48.3 Å². The standard InChI is InChI=1S/C14H15N5/c1-9(10-3-2-6-16-8-10)17-14-18-12-5-4-11(15)7-13(12)19-14/h2-9H,15H2,1H3,(H2,17,18,19). The van der Waals surface area contributed by atoms with Crippen LogP contribution in [0.15, 0.2) is 42.7 Å². The third-order valence-corrected chi connectivity index (χ3v) is 3.04. The molecule has 2 aromatic heterocycles. The summed E-state index contributed by atoms with van der Waals surface area (Å²) in [5.41, 5.74) is 9.42. The van der Waals surface area contributed by atoms with Crippen molar-refractivity contribution in [1.29, 1.82) is 0 Å². The van der Waals surface area contributed by atoms with Gasteiger partial charge in [0.25, 0.3) is 0 Å². The average molecular weight is 253 g/mol. The molecule has 19 heavy (non-hydrogen) atoms. The topological polar surface area (TPSA) is 79.6 Å². The average Bonchev–Trinajstić information content (AvgIpc) is 2.81. The minimum atomic E-state index is 0.131. The predicted octanol–water partition coefficient (Wildman–Crippen LogP) is 2.71. The number of H-pyrrole nitrogens is 1. The van der Waals surface area contributed by atoms with Gasteiger partial charge in [-0.1, -0.05) is 6.07 Å². The van der Waals surface area contributed by atoms with Crippen LogP contribution < -0.4 is 11.1 Å². The van der Waals surface area contributed by atoms with Gasteiger partial charge in [-0.05, 0) is 36.8 Å². The first-order valence-electron chi connectivity index (χ1n) is 6.14. The van der Waals surface area contributed by atoms with Crippen LogP contribution in [0.1, 0.15) is 18.5 Å². The molecule has 3 aromatic rings. The number of hydrogen-bond acceptors (Lipinski definition) is 4. The molecule has 5 heteroatoms. The Balaban J connectivity index is 1.85. The molecule has 0 aliphatic rings. The van der Waals surface area contributed by atoms with E-state index < -0.39 is 0 Å². The van der Waals surface area contributed by atoms with Gasteiger partial charge in [0.2, 0.25) is 5.95 Å². The third kappa shape index (κ3) is 2.35. The van der Waals surface area contributed by atoms with Crippen molar-refractivity contribution in [3.63, 3.8) is 0 Å². The van der Waals surface area contributed by atoms with Gasteiger partial charge in [0.15, 0.2) is 0 Å². The van der Waals surface area contributed by atoms with Crippen molar-refractivity contribution < 1.29 is 0 Å². The fraction of sp³-hybridized carbons (Fsp3) is 0.143. The van der Waals surface area contributed by atoms with E-state index in [1.807, 2.05) is 36.5 Å². The van der Waals surface area contributed by atoms with E-state index in [9.17, 15) is 0 Å². The fourth-order valence-corrected chi connectivity index (χ4v) is 2.02. The Morgan fingerprint density at radius 2 is 2.21 bits per heavy atom. The number of benzene rings is 1. The Labute approximate surface area is 110 Å². The van der Waals surface area contributed by atoms with Crippen LogP contribution in [0.2, 0.25) is 0 Å². The molecular weight excluding hydrogens is 238 g/mol. The largest absolute Gasteiger partial charge is 0.399 e. The van der Waals surface area contributed by atoms with E-state index in [2.05, 4.69) is 27.2 Å². The predicted molar refractivity (Wildman–Crippen MR) is 76.8 cm³/mol. The van der Waals surface area contributed by atoms with Crippen molar-refractivity contribution in [2.45, 2.75) is 13.0 Å². The van der Waals surface area contributed by atoms with Gasteiger partial charge in [-0.3, -0.25) is 4.98 Å². The second-order valence-corrected chi connectivity index (χ2v) is 4.51. The summed E-state index contributed by atoms with van der Waals surface area (Å²) in [6.45, 7) is 2.07. The molecule has 0 aliphatic heterocycles. The summed E-state index contributed by atoms with van der Waals surface area (Å²) in [6.07, 6.45) is 3.61. The quantitative estimate of drug-likeness (QED) is 0.627. The van der Waals surface area contributed by atoms with Crippen LogP contribution in [0.25, 0.3) is 11.0 Å². The highest BCUT2D eigenvalue weighted by Crippen LogP contribution is 2.20. The van der Waals surface area contributed by atoms with Crippen molar-refractivity contribution >= 4 is 22.7 Å². The summed E-state index contributed by atoms with van der Waals surface area (Å²) >= 11 is 0. The van der Waals surface area contributed by atoms with Gasteiger partial charge >= 0.3 is 0 Å². The van der Waals surface area contributed by atoms with Crippen LogP contribution in [-0.2, 0) is 0 Å². The number of pyridine rings is 1. The molecule has 0 bridgehead atoms. The normalized spacial score (nSPS) is 12.5. The molecule has 96 valence electrons. The first-order valence-corrected chi connectivity index (χ1v) is 6.14. The molecule has 3 rings (SSSR count). The molecule has 0 spiro atoms. The number of anilines is 2. The van der Waals surface area contributed by atoms with Crippen LogP contribution in [0.4, 0.5) is 11.6 Å². The van der Waals surface area contributed by atoms with E-state index in [0.717, 1.165) is 28.2 Å². The van der Waals surface area contributed by atoms with Crippen molar-refractivity contribution in [2.75, 3.05) is 11.1 Å². The lowest BCUT2D eigenvalue weighted by atomic mass is 10.1. The number of nitrogens with zero attached hydrogens (tertiary/aromatic N) is 2. The minimum absolute atomic E-state index is 0.131. The number of aromatic nitrogens is 3. The van der Waals surface area contributed by atoms with Crippen molar-refractivity contribution in [1.82, 2.24) is 15.0 Å². The molecule has 2 heterocycles. The van der Waals surface area contributed by atoms with Crippen molar-refractivity contribution in [3.8, 4) is 0 Å². The van der Waals surface area contributed by atoms with E-state index in [1.165, 1.54) is 0 Å². The number of nitrogens with two attached hydrogens (primary N) is 1. The Hall–Kier alpha value is -2.56. The zero-order chi connectivity index (χ0) is 13.2. The lowest BCUT2D eigenvalue weighted by Gasteiger charge is -2.12. The first kappa shape index (κ1) is 11.5. The van der Waals surface area contributed by atoms with Gasteiger partial charge < -0.3 is 16.0 Å². The Kier molecular flexibility index (Phi) is 2.79. The number of rotatable bonds is 3. The number of nitrogens with one attached hydrogen (secondary N) is 2. The number of nitrogen functional groups attached to an aromatic ring is 1. The SMILES string of the molecule is CC(Nc1nc2ccc(N)cc2[nH]1)c1cccnc1. The summed E-state index contributed by atoms with van der Waals surface area (Å²) in [6, 6.07) is 9.71. The molecule has 0 saturated carbocycles. The molecule has 0 fully saturated rings. The zero-order valence-electron chi connectivity index (χ0n) is 10.6. The summed E-state index contributed by atoms with van der Waals surface area (Å²) in [7, 11) is 0. The lowest BCUT2D eigenvalue weighted by molar-refractivity contribution is 0.861. The Morgan fingerprint density at radius 1 is 1.32 bits per heavy atom. The highest BCUT2D eigenvalue weighted by Gasteiger charge is 2.08. The molecule has 4 N–H and O–H groups in total. The monoisotopic (exact) mass is 253 g/mol. The summed E-state index contributed by atoms with van der Waals surface area (Å²) in [5.74, 6) is 0.733. The number of hydrogen-bond donors (Lipinski definition) is 3. The van der Waals surface area contributed by atoms with Gasteiger partial charge in [-0.15, -0.1) is 0 Å². The number of fused-ring (bicyclic) bond motifs is 1. The van der Waals surface area contributed by atoms with E-state index in [0.29, 0.717) is 0 Å². The molecule has 1 atom stereocenters. The Bertz CT molecular complexity index is 689. The maximum atomic E-state index is 5.75. The summed E-state index contributed by atoms with van der Waals surface area (Å²) in [5, 5.41) is 3.32. The highest BCUT2D eigenvalue weighted by molar-refractivity contribution is 5.80. The zero-order valence-corrected chi connectivity index (χ0v) is 10.6. The van der Waals surface area contributed by atoms with Gasteiger partial charge in [0.05, 0.1) is 17.1 Å². The van der Waals surface area contributed by atoms with E-state index in [4.69, 9.17) is 5.73 Å². The first-order chi connectivity index (χ1) is 9.22. The van der Waals surface area contributed by atoms with Gasteiger partial charge in [0, 0.05) is 18.1 Å². The smallest absolute Gasteiger partial charge is 0.201 e. The summed E-state index contributed by atoms with van der Waals surface area (Å²) in [4.78, 5) is 11.8. The van der Waals surface area contributed by atoms with Gasteiger partial charge in [0.1, 0.15) is 0 Å². The van der Waals surface area contributed by atoms with E-state index >= 15 is 0 Å². The molecule has 1 aromatic carbocycles. The maximum Gasteiger partial charge on any atom is 0.201 e. The van der Waals surface area contributed by atoms with Gasteiger partial charge in [-0.25, -0.2) is 4.98 Å². The van der Waals surface area contributed by atoms with E-state index in [1.54, 1.807) is 6.20 Å². The Morgan fingerprint density at radius 3 is 3.00 bits per heavy atom. The second-order valence-electron chi connectivity index (χ2n) is 4.51. The number of imidazole rings is 1. The number of aromatic amines is 1. The minimum Gasteiger partial charge on any atom is -0.399 e. The lowest BCUT2D eigenvalue weighted by Crippen LogP contribution is -2.07. The van der Waals surface area contributed by atoms with Crippen LogP contribution in [0.5, 0.6) is 0 Å². The molecule has 0 radical (unpaired) electrons. The molecular formula is C14H15N5. The van der Waals surface area contributed by atoms with Gasteiger partial charge in [-0.2, -0.15) is 0 Å². The van der Waals surface area contributed by atoms with Crippen LogP contribution in [0, 0.1) is 0 Å². The molecule has 5 nitrogen and oxygen atoms in total. The highest BCUT2D eigenvalue weighted by atomic mass is 15.1. The fourth-order valence-electron chi connectivity index (χ4n) is 2.02. The molecule has 0 amide bonds. The second kappa shape index (κ2) is 4.61. The van der Waals surface area contributed by atoms with Crippen LogP contribution in [0.3, 0.4) is 0 Å². The molecule has 0 aliphatic carbocycles. The van der Waals surface area contributed by atoms with Crippen LogP contribution in [-0.4, -0.2) is 15.0 Å².